The molecule has 8 nitrogen and oxygen atoms in total. The molecule has 0 bridgehead atoms. The van der Waals surface area contributed by atoms with Gasteiger partial charge in [0.25, 0.3) is 0 Å². The van der Waals surface area contributed by atoms with Gasteiger partial charge in [0.1, 0.15) is 6.04 Å². The summed E-state index contributed by atoms with van der Waals surface area (Å²) in [6, 6.07) is 12.8. The molecule has 2 heterocycles. The quantitative estimate of drug-likeness (QED) is 0.245. The summed E-state index contributed by atoms with van der Waals surface area (Å²) >= 11 is 3.05. The van der Waals surface area contributed by atoms with Crippen LogP contribution in [0.3, 0.4) is 0 Å². The van der Waals surface area contributed by atoms with Crippen LogP contribution in [-0.2, 0) is 21.2 Å². The Morgan fingerprint density at radius 2 is 1.74 bits per heavy atom. The maximum atomic E-state index is 12.8. The minimum atomic E-state index is -4.02. The van der Waals surface area contributed by atoms with Crippen LogP contribution in [0.2, 0.25) is 0 Å². The molecule has 0 aliphatic carbocycles. The molecule has 35 heavy (non-hydrogen) atoms. The number of benzene rings is 2. The fourth-order valence-corrected chi connectivity index (χ4v) is 6.97. The molecular weight excluding hydrogens is 506 g/mol. The van der Waals surface area contributed by atoms with E-state index in [2.05, 4.69) is 15.4 Å². The van der Waals surface area contributed by atoms with Gasteiger partial charge in [-0.25, -0.2) is 13.2 Å². The Morgan fingerprint density at radius 3 is 2.40 bits per heavy atom. The summed E-state index contributed by atoms with van der Waals surface area (Å²) in [5.41, 5.74) is 0.633. The Balaban J connectivity index is 1.51. The summed E-state index contributed by atoms with van der Waals surface area (Å²) in [6.07, 6.45) is 0.769. The third-order valence-electron chi connectivity index (χ3n) is 5.46. The van der Waals surface area contributed by atoms with E-state index in [9.17, 15) is 23.1 Å². The van der Waals surface area contributed by atoms with E-state index in [1.807, 2.05) is 29.6 Å². The molecule has 4 N–H and O–H groups in total. The van der Waals surface area contributed by atoms with Gasteiger partial charge in [0.2, 0.25) is 10.0 Å². The molecule has 0 saturated heterocycles. The molecule has 0 spiro atoms. The molecule has 1 atom stereocenters. The highest BCUT2D eigenvalue weighted by molar-refractivity contribution is 7.89. The molecule has 0 unspecified atom stereocenters. The predicted octanol–water partition coefficient (Wildman–Crippen LogP) is 4.87. The number of carboxylic acids is 1. The van der Waals surface area contributed by atoms with Crippen molar-refractivity contribution in [3.8, 4) is 0 Å². The molecule has 4 aromatic rings. The topological polar surface area (TPSA) is 125 Å². The fourth-order valence-electron chi connectivity index (χ4n) is 3.64. The van der Waals surface area contributed by atoms with Crippen LogP contribution in [0.4, 0.5) is 10.5 Å². The number of hydrogen-bond acceptors (Lipinski definition) is 6. The van der Waals surface area contributed by atoms with E-state index < -0.39 is 28.0 Å². The van der Waals surface area contributed by atoms with Gasteiger partial charge in [0, 0.05) is 37.3 Å². The lowest BCUT2D eigenvalue weighted by atomic mass is 10.1. The molecule has 184 valence electrons. The maximum Gasteiger partial charge on any atom is 0.322 e. The van der Waals surface area contributed by atoms with Crippen LogP contribution in [-0.4, -0.2) is 38.1 Å². The summed E-state index contributed by atoms with van der Waals surface area (Å²) in [6.45, 7) is 3.82. The van der Waals surface area contributed by atoms with Crippen molar-refractivity contribution in [3.05, 3.63) is 58.8 Å². The highest BCUT2D eigenvalue weighted by Gasteiger charge is 2.28. The van der Waals surface area contributed by atoms with Crippen molar-refractivity contribution >= 4 is 70.6 Å². The average Bonchev–Trinajstić information content (AvgIpc) is 3.43. The van der Waals surface area contributed by atoms with E-state index in [0.717, 1.165) is 26.6 Å². The van der Waals surface area contributed by atoms with E-state index in [1.165, 1.54) is 22.3 Å². The average molecular weight is 532 g/mol. The SMILES string of the molecule is CC(C)[C@H](NS(=O)(=O)c1ccc2c(c1)sc1cc(NC(=O)NCCc3cccs3)ccc12)C(=O)O. The van der Waals surface area contributed by atoms with Crippen molar-refractivity contribution in [3.63, 3.8) is 0 Å². The van der Waals surface area contributed by atoms with Crippen molar-refractivity contribution in [2.24, 2.45) is 5.92 Å². The minimum absolute atomic E-state index is 0.00641. The van der Waals surface area contributed by atoms with Crippen LogP contribution in [0, 0.1) is 5.92 Å². The van der Waals surface area contributed by atoms with Crippen LogP contribution < -0.4 is 15.4 Å². The molecule has 4 rings (SSSR count). The first-order valence-electron chi connectivity index (χ1n) is 10.9. The van der Waals surface area contributed by atoms with Gasteiger partial charge in [0.15, 0.2) is 0 Å². The smallest absolute Gasteiger partial charge is 0.322 e. The number of aliphatic carboxylic acids is 1. The molecule has 2 amide bonds. The molecule has 0 saturated carbocycles. The number of anilines is 1. The van der Waals surface area contributed by atoms with Gasteiger partial charge in [-0.1, -0.05) is 32.0 Å². The van der Waals surface area contributed by atoms with Crippen molar-refractivity contribution in [2.75, 3.05) is 11.9 Å². The van der Waals surface area contributed by atoms with Crippen LogP contribution in [0.25, 0.3) is 20.2 Å². The Kier molecular flexibility index (Phi) is 7.41. The van der Waals surface area contributed by atoms with E-state index in [-0.39, 0.29) is 10.9 Å². The van der Waals surface area contributed by atoms with Gasteiger partial charge < -0.3 is 15.7 Å². The number of urea groups is 1. The molecule has 0 aliphatic heterocycles. The zero-order valence-electron chi connectivity index (χ0n) is 19.1. The Hall–Kier alpha value is -2.99. The second kappa shape index (κ2) is 10.3. The summed E-state index contributed by atoms with van der Waals surface area (Å²) < 4.78 is 29.6. The highest BCUT2D eigenvalue weighted by atomic mass is 32.2. The summed E-state index contributed by atoms with van der Waals surface area (Å²) in [7, 11) is -4.02. The zero-order chi connectivity index (χ0) is 25.2. The van der Waals surface area contributed by atoms with E-state index in [4.69, 9.17) is 0 Å². The van der Waals surface area contributed by atoms with E-state index >= 15 is 0 Å². The first kappa shape index (κ1) is 25.1. The zero-order valence-corrected chi connectivity index (χ0v) is 21.5. The van der Waals surface area contributed by atoms with Crippen LogP contribution >= 0.6 is 22.7 Å². The summed E-state index contributed by atoms with van der Waals surface area (Å²) in [5.74, 6) is -1.63. The fraction of sp³-hybridized carbons (Fsp3) is 0.250. The van der Waals surface area contributed by atoms with Crippen molar-refractivity contribution in [1.82, 2.24) is 10.0 Å². The summed E-state index contributed by atoms with van der Waals surface area (Å²) in [5, 5.41) is 18.8. The third kappa shape index (κ3) is 5.81. The standard InChI is InChI=1S/C24H25N3O5S3/c1-14(2)22(23(28)29)27-35(31,32)17-6-8-19-18-7-5-15(12-20(18)34-21(19)13-17)26-24(30)25-10-9-16-4-3-11-33-16/h3-8,11-14,22,27H,9-10H2,1-2H3,(H,28,29)(H2,25,26,30)/t22-/m0/s1. The molecule has 0 aliphatic rings. The van der Waals surface area contributed by atoms with Gasteiger partial charge in [-0.2, -0.15) is 4.72 Å². The first-order valence-corrected chi connectivity index (χ1v) is 14.1. The van der Waals surface area contributed by atoms with E-state index in [1.54, 1.807) is 43.4 Å². The lowest BCUT2D eigenvalue weighted by Crippen LogP contribution is -2.44. The number of thiophene rings is 2. The second-order valence-electron chi connectivity index (χ2n) is 8.36. The molecular formula is C24H25N3O5S3. The molecule has 11 heteroatoms. The van der Waals surface area contributed by atoms with Gasteiger partial charge in [-0.05, 0) is 48.1 Å². The van der Waals surface area contributed by atoms with Crippen LogP contribution in [0.1, 0.15) is 18.7 Å². The van der Waals surface area contributed by atoms with Crippen LogP contribution in [0.5, 0.6) is 0 Å². The number of amides is 2. The molecule has 2 aromatic carbocycles. The van der Waals surface area contributed by atoms with Gasteiger partial charge in [0.05, 0.1) is 4.90 Å². The largest absolute Gasteiger partial charge is 0.480 e. The van der Waals surface area contributed by atoms with Gasteiger partial charge in [-0.15, -0.1) is 22.7 Å². The lowest BCUT2D eigenvalue weighted by Gasteiger charge is -2.18. The molecule has 0 fully saturated rings. The molecule has 2 aromatic heterocycles. The van der Waals surface area contributed by atoms with Crippen molar-refractivity contribution < 1.29 is 23.1 Å². The molecule has 0 radical (unpaired) electrons. The number of carbonyl (C=O) groups excluding carboxylic acids is 1. The number of carboxylic acid groups (broad SMARTS) is 1. The third-order valence-corrected chi connectivity index (χ3v) is 8.96. The highest BCUT2D eigenvalue weighted by Crippen LogP contribution is 2.36. The van der Waals surface area contributed by atoms with Crippen molar-refractivity contribution in [2.45, 2.75) is 31.2 Å². The number of carbonyl (C=O) groups is 2. The monoisotopic (exact) mass is 531 g/mol. The Labute approximate surface area is 211 Å². The van der Waals surface area contributed by atoms with Crippen molar-refractivity contribution in [1.29, 1.82) is 0 Å². The normalized spacial score (nSPS) is 12.8. The maximum absolute atomic E-state index is 12.8. The summed E-state index contributed by atoms with van der Waals surface area (Å²) in [4.78, 5) is 24.9. The van der Waals surface area contributed by atoms with Crippen LogP contribution in [0.15, 0.2) is 58.8 Å². The number of sulfonamides is 1. The Morgan fingerprint density at radius 1 is 1.03 bits per heavy atom. The van der Waals surface area contributed by atoms with Gasteiger partial charge >= 0.3 is 12.0 Å². The van der Waals surface area contributed by atoms with Gasteiger partial charge in [-0.3, -0.25) is 4.79 Å². The lowest BCUT2D eigenvalue weighted by molar-refractivity contribution is -0.140. The van der Waals surface area contributed by atoms with E-state index in [0.29, 0.717) is 12.2 Å². The predicted molar refractivity (Wildman–Crippen MR) is 141 cm³/mol. The second-order valence-corrected chi connectivity index (χ2v) is 12.2. The first-order chi connectivity index (χ1) is 16.6. The number of fused-ring (bicyclic) bond motifs is 3. The minimum Gasteiger partial charge on any atom is -0.480 e. The number of hydrogen-bond donors (Lipinski definition) is 4. The number of rotatable bonds is 9. The number of nitrogens with one attached hydrogen (secondary N) is 3. The Bertz CT molecular complexity index is 1480.